The zero-order valence-corrected chi connectivity index (χ0v) is 9.92. The van der Waals surface area contributed by atoms with Crippen molar-refractivity contribution in [1.82, 2.24) is 4.90 Å². The molecular weight excluding hydrogens is 217 g/mol. The molecule has 1 heterocycles. The largest absolute Gasteiger partial charge is 0.439 e. The van der Waals surface area contributed by atoms with Gasteiger partial charge in [0.1, 0.15) is 14.0 Å². The Kier molecular flexibility index (Phi) is 3.18. The smallest absolute Gasteiger partial charge is 0.417 e. The van der Waals surface area contributed by atoms with Crippen molar-refractivity contribution in [1.29, 1.82) is 0 Å². The van der Waals surface area contributed by atoms with Gasteiger partial charge in [0.15, 0.2) is 0 Å². The molecule has 0 spiro atoms. The van der Waals surface area contributed by atoms with E-state index >= 15 is 0 Å². The van der Waals surface area contributed by atoms with E-state index in [1.165, 1.54) is 4.90 Å². The summed E-state index contributed by atoms with van der Waals surface area (Å²) in [6, 6.07) is 9.22. The number of benzene rings is 1. The molecule has 0 unspecified atom stereocenters. The van der Waals surface area contributed by atoms with E-state index in [2.05, 4.69) is 0 Å². The third-order valence-corrected chi connectivity index (χ3v) is 2.97. The number of hydrogen-bond donors (Lipinski definition) is 0. The minimum Gasteiger partial charge on any atom is -0.439 e. The zero-order chi connectivity index (χ0) is 12.4. The first-order valence-electron chi connectivity index (χ1n) is 5.72. The predicted molar refractivity (Wildman–Crippen MR) is 65.3 cm³/mol. The monoisotopic (exact) mass is 231 g/mol. The first-order valence-corrected chi connectivity index (χ1v) is 5.72. The lowest BCUT2D eigenvalue weighted by Gasteiger charge is -2.18. The number of rotatable bonds is 2. The lowest BCUT2D eigenvalue weighted by Crippen LogP contribution is -2.37. The van der Waals surface area contributed by atoms with Crippen LogP contribution in [0.2, 0.25) is 6.32 Å². The number of imide groups is 1. The second-order valence-electron chi connectivity index (χ2n) is 4.07. The molecule has 17 heavy (non-hydrogen) atoms. The summed E-state index contributed by atoms with van der Waals surface area (Å²) in [5.74, 6) is -0.194. The highest BCUT2D eigenvalue weighted by Gasteiger charge is 2.42. The molecule has 0 bridgehead atoms. The van der Waals surface area contributed by atoms with Crippen LogP contribution >= 0.6 is 0 Å². The first-order chi connectivity index (χ1) is 8.15. The lowest BCUT2D eigenvalue weighted by atomic mass is 10.0. The molecule has 88 valence electrons. The molecule has 0 N–H and O–H groups in total. The Labute approximate surface area is 101 Å². The molecular formula is C12H14BNO3. The van der Waals surface area contributed by atoms with Gasteiger partial charge in [-0.25, -0.2) is 9.69 Å². The zero-order valence-electron chi connectivity index (χ0n) is 9.92. The summed E-state index contributed by atoms with van der Waals surface area (Å²) in [7, 11) is 1.73. The molecule has 0 radical (unpaired) electrons. The third-order valence-electron chi connectivity index (χ3n) is 2.97. The third kappa shape index (κ3) is 2.05. The maximum atomic E-state index is 11.7. The van der Waals surface area contributed by atoms with Crippen molar-refractivity contribution in [2.24, 2.45) is 0 Å². The Hall–Kier alpha value is -1.78. The molecule has 2 rings (SSSR count). The molecule has 5 heteroatoms. The van der Waals surface area contributed by atoms with Gasteiger partial charge in [-0.1, -0.05) is 30.3 Å². The Morgan fingerprint density at radius 1 is 1.41 bits per heavy atom. The Morgan fingerprint density at radius 3 is 2.65 bits per heavy atom. The van der Waals surface area contributed by atoms with Crippen molar-refractivity contribution >= 4 is 19.8 Å². The molecule has 2 atom stereocenters. The molecule has 1 aromatic rings. The normalized spacial score (nSPS) is 23.6. The topological polar surface area (TPSA) is 46.6 Å². The Morgan fingerprint density at radius 2 is 2.06 bits per heavy atom. The van der Waals surface area contributed by atoms with E-state index in [1.807, 2.05) is 37.3 Å². The number of carbonyl (C=O) groups is 2. The van der Waals surface area contributed by atoms with Crippen molar-refractivity contribution in [2.45, 2.75) is 25.4 Å². The fourth-order valence-electron chi connectivity index (χ4n) is 2.05. The standard InChI is InChI=1S/C12H14BNO3/c1-8-11(9-5-3-2-4-6-9)17-12(16)14(8)10(15)7-13/h2-6,8,11H,7,13H2,1H3/t8-,11-/m0/s1. The number of nitrogens with zero attached hydrogens (tertiary/aromatic N) is 1. The van der Waals surface area contributed by atoms with E-state index in [4.69, 9.17) is 4.74 Å². The quantitative estimate of drug-likeness (QED) is 0.717. The SMILES string of the molecule is BCC(=O)N1C(=O)O[C@H](c2ccccc2)[C@@H]1C. The maximum absolute atomic E-state index is 11.7. The van der Waals surface area contributed by atoms with Crippen LogP contribution in [0.4, 0.5) is 4.79 Å². The molecule has 1 aromatic carbocycles. The molecule has 2 amide bonds. The van der Waals surface area contributed by atoms with Gasteiger partial charge in [0, 0.05) is 0 Å². The van der Waals surface area contributed by atoms with E-state index < -0.39 is 6.09 Å². The minimum absolute atomic E-state index is 0.194. The average Bonchev–Trinajstić information content (AvgIpc) is 2.65. The summed E-state index contributed by atoms with van der Waals surface area (Å²) in [5.41, 5.74) is 0.916. The second-order valence-corrected chi connectivity index (χ2v) is 4.07. The number of cyclic esters (lactones) is 1. The molecule has 0 saturated carbocycles. The van der Waals surface area contributed by atoms with E-state index in [1.54, 1.807) is 7.85 Å². The molecule has 0 aromatic heterocycles. The number of hydrogen-bond acceptors (Lipinski definition) is 3. The average molecular weight is 231 g/mol. The first kappa shape index (κ1) is 11.7. The maximum Gasteiger partial charge on any atom is 0.417 e. The fourth-order valence-corrected chi connectivity index (χ4v) is 2.05. The van der Waals surface area contributed by atoms with Crippen LogP contribution in [-0.2, 0) is 9.53 Å². The van der Waals surface area contributed by atoms with Gasteiger partial charge in [0.05, 0.1) is 6.04 Å². The van der Waals surface area contributed by atoms with Gasteiger partial charge in [-0.2, -0.15) is 0 Å². The van der Waals surface area contributed by atoms with Gasteiger partial charge in [0.25, 0.3) is 0 Å². The van der Waals surface area contributed by atoms with Gasteiger partial charge < -0.3 is 4.74 Å². The minimum atomic E-state index is -0.543. The number of carbonyl (C=O) groups excluding carboxylic acids is 2. The van der Waals surface area contributed by atoms with Crippen molar-refractivity contribution in [3.05, 3.63) is 35.9 Å². The van der Waals surface area contributed by atoms with Crippen LogP contribution in [0.1, 0.15) is 18.6 Å². The lowest BCUT2D eigenvalue weighted by molar-refractivity contribution is -0.126. The molecule has 1 saturated heterocycles. The highest BCUT2D eigenvalue weighted by molar-refractivity contribution is 6.21. The van der Waals surface area contributed by atoms with Crippen molar-refractivity contribution in [3.63, 3.8) is 0 Å². The van der Waals surface area contributed by atoms with Gasteiger partial charge in [-0.05, 0) is 18.8 Å². The number of amides is 2. The van der Waals surface area contributed by atoms with Crippen LogP contribution in [0, 0.1) is 0 Å². The van der Waals surface area contributed by atoms with Crippen LogP contribution in [-0.4, -0.2) is 30.8 Å². The summed E-state index contributed by atoms with van der Waals surface area (Å²) >= 11 is 0. The van der Waals surface area contributed by atoms with Crippen molar-refractivity contribution in [2.75, 3.05) is 0 Å². The fraction of sp³-hybridized carbons (Fsp3) is 0.333. The van der Waals surface area contributed by atoms with Crippen LogP contribution in [0.5, 0.6) is 0 Å². The van der Waals surface area contributed by atoms with Gasteiger partial charge in [-0.15, -0.1) is 0 Å². The van der Waals surface area contributed by atoms with Crippen LogP contribution in [0.15, 0.2) is 30.3 Å². The van der Waals surface area contributed by atoms with Crippen LogP contribution < -0.4 is 0 Å². The predicted octanol–water partition coefficient (Wildman–Crippen LogP) is 1.15. The van der Waals surface area contributed by atoms with Crippen LogP contribution in [0.25, 0.3) is 0 Å². The summed E-state index contributed by atoms with van der Waals surface area (Å²) in [6.07, 6.45) is -0.599. The van der Waals surface area contributed by atoms with Crippen LogP contribution in [0.3, 0.4) is 0 Å². The molecule has 1 aliphatic rings. The summed E-state index contributed by atoms with van der Waals surface area (Å²) in [4.78, 5) is 24.5. The van der Waals surface area contributed by atoms with Gasteiger partial charge >= 0.3 is 6.09 Å². The van der Waals surface area contributed by atoms with E-state index in [0.29, 0.717) is 6.32 Å². The molecule has 1 fully saturated rings. The summed E-state index contributed by atoms with van der Waals surface area (Å²) < 4.78 is 5.26. The van der Waals surface area contributed by atoms with Crippen molar-refractivity contribution in [3.8, 4) is 0 Å². The Bertz CT molecular complexity index is 435. The van der Waals surface area contributed by atoms with E-state index in [0.717, 1.165) is 5.56 Å². The van der Waals surface area contributed by atoms with E-state index in [9.17, 15) is 9.59 Å². The Balaban J connectivity index is 2.24. The second kappa shape index (κ2) is 4.61. The summed E-state index contributed by atoms with van der Waals surface area (Å²) in [6.45, 7) is 1.83. The van der Waals surface area contributed by atoms with Crippen molar-refractivity contribution < 1.29 is 14.3 Å². The van der Waals surface area contributed by atoms with Gasteiger partial charge in [0.2, 0.25) is 5.91 Å². The highest BCUT2D eigenvalue weighted by atomic mass is 16.6. The number of ether oxygens (including phenoxy) is 1. The molecule has 4 nitrogen and oxygen atoms in total. The summed E-state index contributed by atoms with van der Waals surface area (Å²) in [5, 5.41) is 0. The van der Waals surface area contributed by atoms with E-state index in [-0.39, 0.29) is 18.1 Å². The molecule has 0 aliphatic carbocycles. The van der Waals surface area contributed by atoms with Gasteiger partial charge in [-0.3, -0.25) is 4.79 Å². The molecule has 1 aliphatic heterocycles. The highest BCUT2D eigenvalue weighted by Crippen LogP contribution is 2.32.